The fourth-order valence-electron chi connectivity index (χ4n) is 2.48. The SMILES string of the molecule is CN(Cc1cc(=O)n2ncsc2n1)C1CCCNC1. The first kappa shape index (κ1) is 12.7. The van der Waals surface area contributed by atoms with E-state index in [1.54, 1.807) is 11.6 Å². The number of nitrogens with one attached hydrogen (secondary N) is 1. The molecule has 1 atom stereocenters. The van der Waals surface area contributed by atoms with E-state index < -0.39 is 0 Å². The van der Waals surface area contributed by atoms with Gasteiger partial charge in [-0.15, -0.1) is 0 Å². The van der Waals surface area contributed by atoms with Gasteiger partial charge in [0.25, 0.3) is 5.56 Å². The molecule has 2 aromatic rings. The molecule has 1 fully saturated rings. The molecule has 1 aliphatic heterocycles. The molecule has 0 saturated carbocycles. The van der Waals surface area contributed by atoms with Crippen LogP contribution in [0.1, 0.15) is 18.5 Å². The predicted molar refractivity (Wildman–Crippen MR) is 74.5 cm³/mol. The molecule has 1 unspecified atom stereocenters. The Bertz CT molecular complexity index is 616. The summed E-state index contributed by atoms with van der Waals surface area (Å²) in [6.45, 7) is 2.82. The highest BCUT2D eigenvalue weighted by atomic mass is 32.1. The van der Waals surface area contributed by atoms with E-state index in [0.717, 1.165) is 18.8 Å². The van der Waals surface area contributed by atoms with E-state index in [4.69, 9.17) is 0 Å². The monoisotopic (exact) mass is 279 g/mol. The minimum Gasteiger partial charge on any atom is -0.315 e. The molecule has 0 bridgehead atoms. The van der Waals surface area contributed by atoms with Gasteiger partial charge in [-0.05, 0) is 26.4 Å². The van der Waals surface area contributed by atoms with E-state index in [2.05, 4.69) is 27.3 Å². The molecule has 19 heavy (non-hydrogen) atoms. The van der Waals surface area contributed by atoms with Crippen molar-refractivity contribution in [2.75, 3.05) is 20.1 Å². The van der Waals surface area contributed by atoms with Crippen LogP contribution >= 0.6 is 11.3 Å². The van der Waals surface area contributed by atoms with Crippen LogP contribution in [0.3, 0.4) is 0 Å². The van der Waals surface area contributed by atoms with Crippen molar-refractivity contribution in [2.45, 2.75) is 25.4 Å². The highest BCUT2D eigenvalue weighted by Gasteiger charge is 2.18. The highest BCUT2D eigenvalue weighted by molar-refractivity contribution is 7.14. The summed E-state index contributed by atoms with van der Waals surface area (Å²) in [5, 5.41) is 7.37. The Hall–Kier alpha value is -1.31. The van der Waals surface area contributed by atoms with E-state index in [-0.39, 0.29) is 5.56 Å². The van der Waals surface area contributed by atoms with Gasteiger partial charge in [-0.25, -0.2) is 4.98 Å². The van der Waals surface area contributed by atoms with Crippen molar-refractivity contribution < 1.29 is 0 Å². The molecule has 3 rings (SSSR count). The van der Waals surface area contributed by atoms with Crippen LogP contribution in [0.5, 0.6) is 0 Å². The Morgan fingerprint density at radius 3 is 3.32 bits per heavy atom. The third kappa shape index (κ3) is 2.68. The van der Waals surface area contributed by atoms with Crippen LogP contribution in [-0.2, 0) is 6.54 Å². The van der Waals surface area contributed by atoms with Crippen molar-refractivity contribution in [1.29, 1.82) is 0 Å². The molecule has 0 spiro atoms. The van der Waals surface area contributed by atoms with Gasteiger partial charge >= 0.3 is 0 Å². The van der Waals surface area contributed by atoms with E-state index in [9.17, 15) is 4.79 Å². The number of fused-ring (bicyclic) bond motifs is 1. The Morgan fingerprint density at radius 2 is 2.53 bits per heavy atom. The van der Waals surface area contributed by atoms with Crippen LogP contribution < -0.4 is 10.9 Å². The fourth-order valence-corrected chi connectivity index (χ4v) is 3.12. The first-order chi connectivity index (χ1) is 9.24. The summed E-state index contributed by atoms with van der Waals surface area (Å²) in [7, 11) is 2.09. The van der Waals surface area contributed by atoms with Crippen molar-refractivity contribution in [3.8, 4) is 0 Å². The molecule has 0 aromatic carbocycles. The molecule has 1 saturated heterocycles. The summed E-state index contributed by atoms with van der Waals surface area (Å²) < 4.78 is 1.34. The van der Waals surface area contributed by atoms with Crippen molar-refractivity contribution in [3.63, 3.8) is 0 Å². The van der Waals surface area contributed by atoms with Crippen molar-refractivity contribution >= 4 is 16.3 Å². The van der Waals surface area contributed by atoms with E-state index in [1.807, 2.05) is 0 Å². The average Bonchev–Trinajstić information content (AvgIpc) is 2.88. The lowest BCUT2D eigenvalue weighted by Crippen LogP contribution is -2.43. The third-order valence-electron chi connectivity index (χ3n) is 3.55. The van der Waals surface area contributed by atoms with Crippen LogP contribution in [0.2, 0.25) is 0 Å². The molecular formula is C12H17N5OS. The van der Waals surface area contributed by atoms with Gasteiger partial charge in [-0.1, -0.05) is 11.3 Å². The van der Waals surface area contributed by atoms with Gasteiger partial charge in [0.1, 0.15) is 5.51 Å². The Morgan fingerprint density at radius 1 is 1.63 bits per heavy atom. The van der Waals surface area contributed by atoms with Gasteiger partial charge in [-0.3, -0.25) is 9.69 Å². The molecule has 6 nitrogen and oxygen atoms in total. The predicted octanol–water partition coefficient (Wildman–Crippen LogP) is 0.335. The van der Waals surface area contributed by atoms with Crippen molar-refractivity contribution in [2.24, 2.45) is 0 Å². The molecule has 0 radical (unpaired) electrons. The first-order valence-corrected chi connectivity index (χ1v) is 7.35. The lowest BCUT2D eigenvalue weighted by Gasteiger charge is -2.31. The van der Waals surface area contributed by atoms with Crippen LogP contribution in [0.4, 0.5) is 0 Å². The van der Waals surface area contributed by atoms with Gasteiger partial charge in [-0.2, -0.15) is 9.61 Å². The van der Waals surface area contributed by atoms with Crippen molar-refractivity contribution in [3.05, 3.63) is 27.6 Å². The maximum atomic E-state index is 11.9. The van der Waals surface area contributed by atoms with Gasteiger partial charge < -0.3 is 5.32 Å². The van der Waals surface area contributed by atoms with E-state index in [0.29, 0.717) is 17.5 Å². The van der Waals surface area contributed by atoms with Crippen LogP contribution in [0, 0.1) is 0 Å². The minimum absolute atomic E-state index is 0.101. The third-order valence-corrected chi connectivity index (χ3v) is 4.22. The summed E-state index contributed by atoms with van der Waals surface area (Å²) in [4.78, 5) is 19.3. The number of likely N-dealkylation sites (N-methyl/N-ethyl adjacent to an activating group) is 1. The summed E-state index contributed by atoms with van der Waals surface area (Å²) >= 11 is 1.39. The van der Waals surface area contributed by atoms with E-state index >= 15 is 0 Å². The zero-order valence-electron chi connectivity index (χ0n) is 10.9. The normalized spacial score (nSPS) is 20.2. The second-order valence-electron chi connectivity index (χ2n) is 4.93. The Labute approximate surface area is 115 Å². The molecule has 7 heteroatoms. The van der Waals surface area contributed by atoms with Crippen LogP contribution in [0.15, 0.2) is 16.4 Å². The molecule has 3 heterocycles. The average molecular weight is 279 g/mol. The molecule has 0 amide bonds. The summed E-state index contributed by atoms with van der Waals surface area (Å²) in [5.41, 5.74) is 2.36. The van der Waals surface area contributed by atoms with Crippen LogP contribution in [0.25, 0.3) is 4.96 Å². The standard InChI is InChI=1S/C12H17N5OS/c1-16(10-3-2-4-13-6-10)7-9-5-11(18)17-12(15-9)19-8-14-17/h5,8,10,13H,2-4,6-7H2,1H3. The topological polar surface area (TPSA) is 62.5 Å². The molecular weight excluding hydrogens is 262 g/mol. The van der Waals surface area contributed by atoms with Gasteiger partial charge in [0.15, 0.2) is 0 Å². The largest absolute Gasteiger partial charge is 0.315 e. The second-order valence-corrected chi connectivity index (χ2v) is 5.75. The maximum absolute atomic E-state index is 11.9. The number of nitrogens with zero attached hydrogens (tertiary/aromatic N) is 4. The van der Waals surface area contributed by atoms with E-state index in [1.165, 1.54) is 28.7 Å². The number of piperidine rings is 1. The second kappa shape index (κ2) is 5.36. The minimum atomic E-state index is -0.101. The van der Waals surface area contributed by atoms with Crippen LogP contribution in [-0.4, -0.2) is 45.7 Å². The number of hydrogen-bond acceptors (Lipinski definition) is 6. The number of hydrogen-bond donors (Lipinski definition) is 1. The van der Waals surface area contributed by atoms with Gasteiger partial charge in [0.05, 0.1) is 5.69 Å². The summed E-state index contributed by atoms with van der Waals surface area (Å²) in [6.07, 6.45) is 2.41. The quantitative estimate of drug-likeness (QED) is 0.877. The first-order valence-electron chi connectivity index (χ1n) is 6.47. The zero-order chi connectivity index (χ0) is 13.2. The smallest absolute Gasteiger partial charge is 0.275 e. The lowest BCUT2D eigenvalue weighted by molar-refractivity contribution is 0.194. The maximum Gasteiger partial charge on any atom is 0.275 e. The molecule has 0 aliphatic carbocycles. The zero-order valence-corrected chi connectivity index (χ0v) is 11.7. The molecule has 102 valence electrons. The summed E-state index contributed by atoms with van der Waals surface area (Å²) in [6, 6.07) is 2.11. The summed E-state index contributed by atoms with van der Waals surface area (Å²) in [5.74, 6) is 0. The number of aromatic nitrogens is 3. The lowest BCUT2D eigenvalue weighted by atomic mass is 10.1. The molecule has 1 N–H and O–H groups in total. The highest BCUT2D eigenvalue weighted by Crippen LogP contribution is 2.12. The number of rotatable bonds is 3. The molecule has 2 aromatic heterocycles. The fraction of sp³-hybridized carbons (Fsp3) is 0.583. The Kier molecular flexibility index (Phi) is 3.58. The van der Waals surface area contributed by atoms with Crippen molar-refractivity contribution in [1.82, 2.24) is 24.8 Å². The van der Waals surface area contributed by atoms with Gasteiger partial charge in [0, 0.05) is 25.2 Å². The Balaban J connectivity index is 1.78. The van der Waals surface area contributed by atoms with Gasteiger partial charge in [0.2, 0.25) is 4.96 Å². The molecule has 1 aliphatic rings.